The van der Waals surface area contributed by atoms with Crippen LogP contribution in [0.2, 0.25) is 0 Å². The van der Waals surface area contributed by atoms with Crippen LogP contribution in [0.1, 0.15) is 61.3 Å². The minimum Gasteiger partial charge on any atom is -0.497 e. The molecular formula is C25H29N3O3. The number of hydrogen-bond donors (Lipinski definition) is 0. The number of likely N-dealkylation sites (tertiary alicyclic amines) is 1. The van der Waals surface area contributed by atoms with Crippen molar-refractivity contribution < 1.29 is 14.1 Å². The SMILES string of the molecule is COc1cccc(-c2noc(C3CCCN(C(=O)c4ccc(C(C)(C)C)cc4)C3)n2)c1. The molecule has 1 saturated heterocycles. The summed E-state index contributed by atoms with van der Waals surface area (Å²) < 4.78 is 10.9. The van der Waals surface area contributed by atoms with E-state index in [1.807, 2.05) is 53.4 Å². The number of rotatable bonds is 4. The number of methoxy groups -OCH3 is 1. The molecule has 0 saturated carbocycles. The molecule has 4 rings (SSSR count). The van der Waals surface area contributed by atoms with Crippen LogP contribution in [0.4, 0.5) is 0 Å². The number of carbonyl (C=O) groups is 1. The maximum absolute atomic E-state index is 13.1. The molecule has 1 aromatic heterocycles. The summed E-state index contributed by atoms with van der Waals surface area (Å²) >= 11 is 0. The first-order chi connectivity index (χ1) is 14.8. The number of amides is 1. The van der Waals surface area contributed by atoms with Crippen molar-refractivity contribution in [3.8, 4) is 17.1 Å². The first kappa shape index (κ1) is 21.1. The summed E-state index contributed by atoms with van der Waals surface area (Å²) in [6.45, 7) is 7.84. The molecule has 2 aromatic carbocycles. The second-order valence-electron chi connectivity index (χ2n) is 9.11. The van der Waals surface area contributed by atoms with Gasteiger partial charge in [-0.1, -0.05) is 50.2 Å². The van der Waals surface area contributed by atoms with Gasteiger partial charge in [0.2, 0.25) is 11.7 Å². The van der Waals surface area contributed by atoms with Crippen molar-refractivity contribution in [1.82, 2.24) is 15.0 Å². The number of benzene rings is 2. The van der Waals surface area contributed by atoms with Gasteiger partial charge in [-0.2, -0.15) is 4.98 Å². The van der Waals surface area contributed by atoms with Crippen LogP contribution in [0.25, 0.3) is 11.4 Å². The van der Waals surface area contributed by atoms with E-state index in [4.69, 9.17) is 9.26 Å². The second kappa shape index (κ2) is 8.53. The first-order valence-electron chi connectivity index (χ1n) is 10.7. The molecule has 1 fully saturated rings. The normalized spacial score (nSPS) is 16.9. The van der Waals surface area contributed by atoms with Crippen LogP contribution in [0.15, 0.2) is 53.1 Å². The number of hydrogen-bond acceptors (Lipinski definition) is 5. The number of carbonyl (C=O) groups excluding carboxylic acids is 1. The average molecular weight is 420 g/mol. The van der Waals surface area contributed by atoms with Gasteiger partial charge in [-0.3, -0.25) is 4.79 Å². The molecular weight excluding hydrogens is 390 g/mol. The molecule has 6 nitrogen and oxygen atoms in total. The molecule has 0 N–H and O–H groups in total. The van der Waals surface area contributed by atoms with Crippen molar-refractivity contribution in [3.63, 3.8) is 0 Å². The van der Waals surface area contributed by atoms with Crippen molar-refractivity contribution >= 4 is 5.91 Å². The van der Waals surface area contributed by atoms with Crippen molar-refractivity contribution in [2.24, 2.45) is 0 Å². The average Bonchev–Trinajstić information content (AvgIpc) is 3.29. The highest BCUT2D eigenvalue weighted by Crippen LogP contribution is 2.29. The predicted molar refractivity (Wildman–Crippen MR) is 119 cm³/mol. The van der Waals surface area contributed by atoms with E-state index in [9.17, 15) is 4.79 Å². The van der Waals surface area contributed by atoms with E-state index >= 15 is 0 Å². The molecule has 1 unspecified atom stereocenters. The molecule has 31 heavy (non-hydrogen) atoms. The fourth-order valence-electron chi connectivity index (χ4n) is 3.94. The highest BCUT2D eigenvalue weighted by atomic mass is 16.5. The summed E-state index contributed by atoms with van der Waals surface area (Å²) in [6, 6.07) is 15.5. The Labute approximate surface area is 183 Å². The Hall–Kier alpha value is -3.15. The Morgan fingerprint density at radius 2 is 1.94 bits per heavy atom. The number of piperidine rings is 1. The Kier molecular flexibility index (Phi) is 5.81. The number of nitrogens with zero attached hydrogens (tertiary/aromatic N) is 3. The van der Waals surface area contributed by atoms with Crippen molar-refractivity contribution in [2.45, 2.75) is 44.9 Å². The fraction of sp³-hybridized carbons (Fsp3) is 0.400. The van der Waals surface area contributed by atoms with Crippen LogP contribution in [-0.2, 0) is 5.41 Å². The van der Waals surface area contributed by atoms with E-state index in [1.165, 1.54) is 5.56 Å². The van der Waals surface area contributed by atoms with Gasteiger partial charge in [-0.25, -0.2) is 0 Å². The van der Waals surface area contributed by atoms with E-state index in [0.29, 0.717) is 18.3 Å². The Bertz CT molecular complexity index is 1050. The fourth-order valence-corrected chi connectivity index (χ4v) is 3.94. The molecule has 6 heteroatoms. The van der Waals surface area contributed by atoms with Gasteiger partial charge in [0, 0.05) is 24.2 Å². The lowest BCUT2D eigenvalue weighted by Gasteiger charge is -2.31. The zero-order valence-corrected chi connectivity index (χ0v) is 18.6. The van der Waals surface area contributed by atoms with Gasteiger partial charge in [0.15, 0.2) is 0 Å². The van der Waals surface area contributed by atoms with E-state index in [-0.39, 0.29) is 17.2 Å². The Balaban J connectivity index is 1.47. The summed E-state index contributed by atoms with van der Waals surface area (Å²) in [7, 11) is 1.63. The van der Waals surface area contributed by atoms with E-state index < -0.39 is 0 Å². The maximum Gasteiger partial charge on any atom is 0.253 e. The summed E-state index contributed by atoms with van der Waals surface area (Å²) in [4.78, 5) is 19.6. The smallest absolute Gasteiger partial charge is 0.253 e. The van der Waals surface area contributed by atoms with Gasteiger partial charge in [-0.05, 0) is 48.1 Å². The minimum atomic E-state index is 0.0402. The van der Waals surface area contributed by atoms with Gasteiger partial charge in [0.25, 0.3) is 5.91 Å². The lowest BCUT2D eigenvalue weighted by atomic mass is 9.86. The molecule has 0 bridgehead atoms. The molecule has 2 heterocycles. The largest absolute Gasteiger partial charge is 0.497 e. The van der Waals surface area contributed by atoms with Gasteiger partial charge in [0.1, 0.15) is 5.75 Å². The number of ether oxygens (including phenoxy) is 1. The van der Waals surface area contributed by atoms with E-state index in [1.54, 1.807) is 7.11 Å². The third-order valence-electron chi connectivity index (χ3n) is 5.83. The Morgan fingerprint density at radius 1 is 1.16 bits per heavy atom. The third kappa shape index (κ3) is 4.63. The van der Waals surface area contributed by atoms with Crippen molar-refractivity contribution in [3.05, 3.63) is 65.5 Å². The molecule has 3 aromatic rings. The highest BCUT2D eigenvalue weighted by molar-refractivity contribution is 5.94. The van der Waals surface area contributed by atoms with Gasteiger partial charge >= 0.3 is 0 Å². The molecule has 1 aliphatic rings. The van der Waals surface area contributed by atoms with Crippen LogP contribution in [0, 0.1) is 0 Å². The van der Waals surface area contributed by atoms with Gasteiger partial charge in [-0.15, -0.1) is 0 Å². The predicted octanol–water partition coefficient (Wildman–Crippen LogP) is 5.06. The standard InChI is InChI=1S/C25H29N3O3/c1-25(2,3)20-12-10-17(11-13-20)24(29)28-14-6-8-19(16-28)23-26-22(27-31-23)18-7-5-9-21(15-18)30-4/h5,7,9-13,15,19H,6,8,14,16H2,1-4H3. The third-order valence-corrected chi connectivity index (χ3v) is 5.83. The van der Waals surface area contributed by atoms with Gasteiger partial charge in [0.05, 0.1) is 13.0 Å². The van der Waals surface area contributed by atoms with Crippen LogP contribution in [0.3, 0.4) is 0 Å². The topological polar surface area (TPSA) is 68.5 Å². The lowest BCUT2D eigenvalue weighted by Crippen LogP contribution is -2.39. The van der Waals surface area contributed by atoms with E-state index in [0.717, 1.165) is 36.3 Å². The summed E-state index contributed by atoms with van der Waals surface area (Å²) in [6.07, 6.45) is 1.83. The molecule has 0 aliphatic carbocycles. The number of aromatic nitrogens is 2. The quantitative estimate of drug-likeness (QED) is 0.591. The minimum absolute atomic E-state index is 0.0402. The molecule has 0 radical (unpaired) electrons. The molecule has 1 aliphatic heterocycles. The van der Waals surface area contributed by atoms with Crippen LogP contribution in [-0.4, -0.2) is 41.1 Å². The summed E-state index contributed by atoms with van der Waals surface area (Å²) in [5.41, 5.74) is 2.85. The summed E-state index contributed by atoms with van der Waals surface area (Å²) in [5.74, 6) is 1.96. The van der Waals surface area contributed by atoms with Gasteiger partial charge < -0.3 is 14.2 Å². The molecule has 162 valence electrons. The summed E-state index contributed by atoms with van der Waals surface area (Å²) in [5, 5.41) is 4.15. The molecule has 1 amide bonds. The molecule has 1 atom stereocenters. The van der Waals surface area contributed by atoms with Crippen LogP contribution >= 0.6 is 0 Å². The van der Waals surface area contributed by atoms with Crippen molar-refractivity contribution in [2.75, 3.05) is 20.2 Å². The lowest BCUT2D eigenvalue weighted by molar-refractivity contribution is 0.0695. The molecule has 0 spiro atoms. The Morgan fingerprint density at radius 3 is 2.65 bits per heavy atom. The maximum atomic E-state index is 13.1. The first-order valence-corrected chi connectivity index (χ1v) is 10.7. The van der Waals surface area contributed by atoms with Crippen LogP contribution < -0.4 is 4.74 Å². The monoisotopic (exact) mass is 419 g/mol. The van der Waals surface area contributed by atoms with Crippen molar-refractivity contribution in [1.29, 1.82) is 0 Å². The van der Waals surface area contributed by atoms with E-state index in [2.05, 4.69) is 30.9 Å². The zero-order valence-electron chi connectivity index (χ0n) is 18.6. The second-order valence-corrected chi connectivity index (χ2v) is 9.11. The van der Waals surface area contributed by atoms with Crippen LogP contribution in [0.5, 0.6) is 5.75 Å². The highest BCUT2D eigenvalue weighted by Gasteiger charge is 2.29. The zero-order chi connectivity index (χ0) is 22.0.